The van der Waals surface area contributed by atoms with Gasteiger partial charge in [-0.15, -0.1) is 0 Å². The molecule has 5 aromatic rings. The van der Waals surface area contributed by atoms with Gasteiger partial charge < -0.3 is 14.8 Å². The van der Waals surface area contributed by atoms with Crippen LogP contribution in [0.5, 0.6) is 0 Å². The molecule has 0 saturated carbocycles. The molecule has 0 radical (unpaired) electrons. The predicted octanol–water partition coefficient (Wildman–Crippen LogP) is 6.23. The molecule has 6 heterocycles. The first-order chi connectivity index (χ1) is 26.7. The van der Waals surface area contributed by atoms with Crippen LogP contribution in [0.3, 0.4) is 0 Å². The van der Waals surface area contributed by atoms with Gasteiger partial charge in [-0.1, -0.05) is 13.0 Å². The predicted molar refractivity (Wildman–Crippen MR) is 215 cm³/mol. The number of piperazine rings is 1. The lowest BCUT2D eigenvalue weighted by Gasteiger charge is -2.38. The van der Waals surface area contributed by atoms with Crippen LogP contribution < -0.4 is 9.80 Å². The Kier molecular flexibility index (Phi) is 11.6. The molecule has 2 aliphatic heterocycles. The van der Waals surface area contributed by atoms with Crippen LogP contribution in [0.1, 0.15) is 68.3 Å². The van der Waals surface area contributed by atoms with Crippen LogP contribution in [-0.4, -0.2) is 105 Å². The van der Waals surface area contributed by atoms with E-state index < -0.39 is 11.9 Å². The molecule has 1 aromatic carbocycles. The van der Waals surface area contributed by atoms with E-state index >= 15 is 0 Å². The Balaban J connectivity index is 0.877. The molecule has 0 aliphatic carbocycles. The third-order valence-corrected chi connectivity index (χ3v) is 11.5. The first-order valence-electron chi connectivity index (χ1n) is 19.5. The highest BCUT2D eigenvalue weighted by Crippen LogP contribution is 2.29. The van der Waals surface area contributed by atoms with Gasteiger partial charge in [-0.2, -0.15) is 0 Å². The number of H-pyrrole nitrogens is 1. The van der Waals surface area contributed by atoms with Gasteiger partial charge >= 0.3 is 0 Å². The van der Waals surface area contributed by atoms with E-state index in [-0.39, 0.29) is 24.4 Å². The zero-order valence-electron chi connectivity index (χ0n) is 32.0. The first-order valence-corrected chi connectivity index (χ1v) is 19.5. The van der Waals surface area contributed by atoms with Crippen molar-refractivity contribution in [2.24, 2.45) is 5.92 Å². The molecule has 7 rings (SSSR count). The third kappa shape index (κ3) is 8.44. The van der Waals surface area contributed by atoms with Crippen molar-refractivity contribution in [1.29, 1.82) is 0 Å². The summed E-state index contributed by atoms with van der Waals surface area (Å²) in [5.41, 5.74) is 5.83. The molecule has 4 aromatic heterocycles. The molecule has 2 fully saturated rings. The van der Waals surface area contributed by atoms with Crippen molar-refractivity contribution in [1.82, 2.24) is 29.7 Å². The van der Waals surface area contributed by atoms with E-state index in [4.69, 9.17) is 9.97 Å². The summed E-state index contributed by atoms with van der Waals surface area (Å²) >= 11 is 0. The molecule has 2 aliphatic rings. The van der Waals surface area contributed by atoms with Crippen molar-refractivity contribution in [2.45, 2.75) is 65.3 Å². The van der Waals surface area contributed by atoms with Crippen LogP contribution in [0.4, 0.5) is 11.5 Å². The Morgan fingerprint density at radius 2 is 1.75 bits per heavy atom. The maximum atomic E-state index is 13.6. The number of benzene rings is 1. The molecule has 12 heteroatoms. The summed E-state index contributed by atoms with van der Waals surface area (Å²) in [5.74, 6) is 0.872. The summed E-state index contributed by atoms with van der Waals surface area (Å²) in [4.78, 5) is 75.7. The van der Waals surface area contributed by atoms with E-state index in [1.807, 2.05) is 49.6 Å². The highest BCUT2D eigenvalue weighted by molar-refractivity contribution is 6.06. The Hall–Kier alpha value is -5.49. The zero-order valence-corrected chi connectivity index (χ0v) is 32.0. The minimum absolute atomic E-state index is 0.00367. The van der Waals surface area contributed by atoms with Crippen LogP contribution in [0.15, 0.2) is 67.1 Å². The summed E-state index contributed by atoms with van der Waals surface area (Å²) in [7, 11) is 0. The van der Waals surface area contributed by atoms with Gasteiger partial charge in [-0.3, -0.25) is 34.0 Å². The van der Waals surface area contributed by atoms with Crippen LogP contribution in [0, 0.1) is 12.8 Å². The number of carbonyl (C=O) groups excluding carboxylic acids is 4. The number of aromatic amines is 1. The van der Waals surface area contributed by atoms with Gasteiger partial charge in [0.1, 0.15) is 17.2 Å². The lowest BCUT2D eigenvalue weighted by atomic mass is 9.93. The maximum absolute atomic E-state index is 13.6. The van der Waals surface area contributed by atoms with E-state index in [0.717, 1.165) is 114 Å². The van der Waals surface area contributed by atoms with Crippen LogP contribution in [0.25, 0.3) is 33.2 Å². The number of hydrogen-bond donors (Lipinski definition) is 1. The van der Waals surface area contributed by atoms with E-state index in [9.17, 15) is 19.2 Å². The number of carbonyl (C=O) groups is 4. The quantitative estimate of drug-likeness (QED) is 0.131. The van der Waals surface area contributed by atoms with Gasteiger partial charge in [-0.05, 0) is 100 Å². The zero-order chi connectivity index (χ0) is 38.5. The van der Waals surface area contributed by atoms with Crippen molar-refractivity contribution in [2.75, 3.05) is 55.6 Å². The number of hydrogen-bond acceptors (Lipinski definition) is 10. The van der Waals surface area contributed by atoms with Crippen LogP contribution >= 0.6 is 0 Å². The fraction of sp³-hybridized carbons (Fsp3) is 0.419. The number of amides is 2. The Labute approximate surface area is 321 Å². The van der Waals surface area contributed by atoms with Gasteiger partial charge in [0.05, 0.1) is 17.3 Å². The Morgan fingerprint density at radius 1 is 0.945 bits per heavy atom. The number of aryl methyl sites for hydroxylation is 1. The number of aromatic nitrogens is 4. The second-order valence-electron chi connectivity index (χ2n) is 15.0. The number of piperidine rings is 1. The first kappa shape index (κ1) is 37.8. The number of nitrogens with one attached hydrogen (secondary N) is 1. The second kappa shape index (κ2) is 16.9. The molecule has 0 spiro atoms. The molecule has 55 heavy (non-hydrogen) atoms. The number of imide groups is 1. The van der Waals surface area contributed by atoms with Crippen molar-refractivity contribution in [3.05, 3.63) is 78.2 Å². The number of pyridine rings is 3. The van der Waals surface area contributed by atoms with Crippen LogP contribution in [0.2, 0.25) is 0 Å². The molecule has 1 atom stereocenters. The topological polar surface area (TPSA) is 136 Å². The number of fused-ring (bicyclic) bond motifs is 3. The number of Topliss-reactive ketones (excluding diaryl/α,β-unsaturated/α-hetero) is 2. The number of nitrogens with zero attached hydrogens (tertiary/aromatic N) is 7. The minimum Gasteiger partial charge on any atom is -0.369 e. The molecule has 1 unspecified atom stereocenters. The van der Waals surface area contributed by atoms with Crippen molar-refractivity contribution >= 4 is 57.3 Å². The van der Waals surface area contributed by atoms with E-state index in [0.29, 0.717) is 24.3 Å². The number of rotatable bonds is 14. The molecule has 2 amide bonds. The average Bonchev–Trinajstić information content (AvgIpc) is 3.60. The van der Waals surface area contributed by atoms with Gasteiger partial charge in [-0.25, -0.2) is 9.97 Å². The molecular formula is C43H50N8O4. The third-order valence-electron chi connectivity index (χ3n) is 11.5. The highest BCUT2D eigenvalue weighted by Gasteiger charge is 2.30. The largest absolute Gasteiger partial charge is 0.369 e. The smallest absolute Gasteiger partial charge is 0.261 e. The summed E-state index contributed by atoms with van der Waals surface area (Å²) in [6.45, 7) is 11.6. The maximum Gasteiger partial charge on any atom is 0.261 e. The number of ketones is 2. The van der Waals surface area contributed by atoms with Crippen LogP contribution in [-0.2, 0) is 14.4 Å². The van der Waals surface area contributed by atoms with Crippen molar-refractivity contribution in [3.63, 3.8) is 0 Å². The Morgan fingerprint density at radius 3 is 2.45 bits per heavy atom. The van der Waals surface area contributed by atoms with E-state index in [1.165, 1.54) is 13.3 Å². The molecule has 286 valence electrons. The molecule has 12 nitrogen and oxygen atoms in total. The minimum atomic E-state index is -0.961. The van der Waals surface area contributed by atoms with E-state index in [2.05, 4.69) is 42.9 Å². The van der Waals surface area contributed by atoms with Gasteiger partial charge in [0.15, 0.2) is 5.78 Å². The monoisotopic (exact) mass is 742 g/mol. The standard InChI is InChI=1S/C43H50N8O4/c1-4-34(54)8-11-40(30(3)53)51(28-52)43(55)36-25-33(7-5-29(36)2)49-23-21-48(22-24-49)18-14-31-15-19-50(20-16-31)41-12-6-32(26-45-41)38-10-9-35-37-27-44-17-13-39(37)47-42(35)46-38/h5-7,9-10,12-13,17,25-28,31,40H,4,8,11,14-16,18-24H2,1-3H3,(H,46,47). The van der Waals surface area contributed by atoms with Crippen molar-refractivity contribution < 1.29 is 19.2 Å². The lowest BCUT2D eigenvalue weighted by molar-refractivity contribution is -0.129. The molecule has 0 bridgehead atoms. The molecule has 1 N–H and O–H groups in total. The SMILES string of the molecule is CCC(=O)CCC(C(C)=O)N(C=O)C(=O)c1cc(N2CCN(CCC3CCN(c4ccc(-c5ccc6c(n5)[nH]c5ccncc56)cn4)CC3)CC2)ccc1C. The van der Waals surface area contributed by atoms with E-state index in [1.54, 1.807) is 13.1 Å². The molecule has 2 saturated heterocycles. The normalized spacial score (nSPS) is 16.1. The van der Waals surface area contributed by atoms with Gasteiger partial charge in [0.25, 0.3) is 5.91 Å². The molecular weight excluding hydrogens is 693 g/mol. The summed E-state index contributed by atoms with van der Waals surface area (Å²) in [5, 5.41) is 2.14. The summed E-state index contributed by atoms with van der Waals surface area (Å²) < 4.78 is 0. The van der Waals surface area contributed by atoms with Crippen molar-refractivity contribution in [3.8, 4) is 11.3 Å². The summed E-state index contributed by atoms with van der Waals surface area (Å²) in [6, 6.07) is 15.1. The highest BCUT2D eigenvalue weighted by atomic mass is 16.2. The van der Waals surface area contributed by atoms with Gasteiger partial charge in [0.2, 0.25) is 6.41 Å². The fourth-order valence-corrected chi connectivity index (χ4v) is 8.00. The second-order valence-corrected chi connectivity index (χ2v) is 15.0. The number of anilines is 2. The fourth-order valence-electron chi connectivity index (χ4n) is 8.00. The Bertz CT molecular complexity index is 2170. The summed E-state index contributed by atoms with van der Waals surface area (Å²) in [6.07, 6.45) is 10.1. The lowest BCUT2D eigenvalue weighted by Crippen LogP contribution is -2.47. The van der Waals surface area contributed by atoms with Gasteiger partial charge in [0, 0.05) is 98.3 Å². The average molecular weight is 743 g/mol.